The Balaban J connectivity index is 1.79. The minimum Gasteiger partial charge on any atom is -0.506 e. The first-order valence-corrected chi connectivity index (χ1v) is 8.34. The molecule has 4 nitrogen and oxygen atoms in total. The maximum absolute atomic E-state index is 10.3. The zero-order valence-corrected chi connectivity index (χ0v) is 13.2. The van der Waals surface area contributed by atoms with E-state index in [1.165, 1.54) is 0 Å². The third kappa shape index (κ3) is 2.12. The van der Waals surface area contributed by atoms with Crippen molar-refractivity contribution in [3.05, 3.63) is 48.5 Å². The Morgan fingerprint density at radius 2 is 1.13 bits per heavy atom. The smallest absolute Gasteiger partial charge is 0.138 e. The molecule has 2 aliphatic rings. The Bertz CT molecular complexity index is 655. The van der Waals surface area contributed by atoms with E-state index >= 15 is 0 Å². The summed E-state index contributed by atoms with van der Waals surface area (Å²) in [6.45, 7) is 1.86. The predicted molar refractivity (Wildman–Crippen MR) is 92.1 cm³/mol. The number of rotatable bonds is 2. The molecule has 2 N–H and O–H groups in total. The molecule has 2 aliphatic heterocycles. The molecule has 0 atom stereocenters. The number of para-hydroxylation sites is 4. The van der Waals surface area contributed by atoms with E-state index in [1.54, 1.807) is 12.1 Å². The van der Waals surface area contributed by atoms with E-state index < -0.39 is 0 Å². The van der Waals surface area contributed by atoms with E-state index in [1.807, 2.05) is 36.4 Å². The van der Waals surface area contributed by atoms with Crippen molar-refractivity contribution in [1.29, 1.82) is 0 Å². The fraction of sp³-hybridized carbons (Fsp3) is 0.368. The molecule has 4 heteroatoms. The summed E-state index contributed by atoms with van der Waals surface area (Å²) in [7, 11) is 0. The van der Waals surface area contributed by atoms with E-state index in [9.17, 15) is 10.2 Å². The Morgan fingerprint density at radius 3 is 1.57 bits per heavy atom. The zero-order valence-electron chi connectivity index (χ0n) is 13.2. The number of phenolic OH excluding ortho intramolecular Hbond substituents is 2. The molecule has 120 valence electrons. The lowest BCUT2D eigenvalue weighted by molar-refractivity contribution is 0.418. The summed E-state index contributed by atoms with van der Waals surface area (Å²) in [4.78, 5) is 4.67. The number of hydrogen-bond acceptors (Lipinski definition) is 4. The lowest BCUT2D eigenvalue weighted by Crippen LogP contribution is -2.54. The summed E-state index contributed by atoms with van der Waals surface area (Å²) in [5.41, 5.74) is 1.65. The fourth-order valence-electron chi connectivity index (χ4n) is 4.34. The molecule has 2 fully saturated rings. The van der Waals surface area contributed by atoms with Gasteiger partial charge in [0, 0.05) is 13.1 Å². The number of aromatic hydroxyl groups is 2. The summed E-state index contributed by atoms with van der Waals surface area (Å²) in [6.07, 6.45) is 4.29. The van der Waals surface area contributed by atoms with Gasteiger partial charge in [0.1, 0.15) is 17.2 Å². The largest absolute Gasteiger partial charge is 0.506 e. The molecule has 0 bridgehead atoms. The molecule has 2 heterocycles. The van der Waals surface area contributed by atoms with Gasteiger partial charge in [0.25, 0.3) is 0 Å². The molecule has 0 unspecified atom stereocenters. The topological polar surface area (TPSA) is 46.9 Å². The minimum absolute atomic E-state index is 0.141. The van der Waals surface area contributed by atoms with Gasteiger partial charge in [0.2, 0.25) is 0 Å². The van der Waals surface area contributed by atoms with Crippen molar-refractivity contribution in [3.63, 3.8) is 0 Å². The van der Waals surface area contributed by atoms with E-state index in [-0.39, 0.29) is 5.66 Å². The van der Waals surface area contributed by atoms with Crippen LogP contribution >= 0.6 is 0 Å². The van der Waals surface area contributed by atoms with Crippen molar-refractivity contribution in [2.75, 3.05) is 22.9 Å². The molecule has 0 radical (unpaired) electrons. The second kappa shape index (κ2) is 5.37. The third-order valence-electron chi connectivity index (χ3n) is 5.27. The summed E-state index contributed by atoms with van der Waals surface area (Å²) >= 11 is 0. The van der Waals surface area contributed by atoms with Crippen LogP contribution in [0.4, 0.5) is 11.4 Å². The van der Waals surface area contributed by atoms with Crippen LogP contribution in [0.5, 0.6) is 11.5 Å². The molecular weight excluding hydrogens is 288 g/mol. The maximum atomic E-state index is 10.3. The van der Waals surface area contributed by atoms with Crippen LogP contribution in [0.3, 0.4) is 0 Å². The van der Waals surface area contributed by atoms with Gasteiger partial charge in [0.05, 0.1) is 11.4 Å². The third-order valence-corrected chi connectivity index (χ3v) is 5.27. The van der Waals surface area contributed by atoms with Crippen LogP contribution in [0.1, 0.15) is 25.7 Å². The van der Waals surface area contributed by atoms with E-state index in [2.05, 4.69) is 9.80 Å². The van der Waals surface area contributed by atoms with E-state index in [0.717, 1.165) is 50.1 Å². The Labute approximate surface area is 136 Å². The van der Waals surface area contributed by atoms with Crippen molar-refractivity contribution in [2.45, 2.75) is 31.3 Å². The first-order chi connectivity index (χ1) is 11.2. The second-order valence-electron chi connectivity index (χ2n) is 6.47. The maximum Gasteiger partial charge on any atom is 0.138 e. The molecule has 1 spiro atoms. The van der Waals surface area contributed by atoms with Gasteiger partial charge in [-0.25, -0.2) is 0 Å². The Kier molecular flexibility index (Phi) is 3.33. The number of benzene rings is 2. The molecule has 2 aromatic rings. The number of anilines is 2. The summed E-state index contributed by atoms with van der Waals surface area (Å²) in [5, 5.41) is 20.6. The highest BCUT2D eigenvalue weighted by Crippen LogP contribution is 2.49. The average molecular weight is 310 g/mol. The van der Waals surface area contributed by atoms with Crippen LogP contribution in [0.15, 0.2) is 48.5 Å². The van der Waals surface area contributed by atoms with E-state index in [0.29, 0.717) is 11.5 Å². The average Bonchev–Trinajstić information content (AvgIpc) is 3.17. The van der Waals surface area contributed by atoms with Gasteiger partial charge in [-0.3, -0.25) is 0 Å². The van der Waals surface area contributed by atoms with Crippen LogP contribution in [-0.2, 0) is 0 Å². The standard InChI is InChI=1S/C19H22N2O2/c22-17-9-3-1-7-15(17)20-13-5-11-19(20)12-6-14-21(19)16-8-2-4-10-18(16)23/h1-4,7-10,22-23H,5-6,11-14H2. The lowest BCUT2D eigenvalue weighted by atomic mass is 10.0. The van der Waals surface area contributed by atoms with Crippen LogP contribution in [0.2, 0.25) is 0 Å². The van der Waals surface area contributed by atoms with Gasteiger partial charge in [-0.15, -0.1) is 0 Å². The molecule has 4 rings (SSSR count). The molecule has 0 aromatic heterocycles. The van der Waals surface area contributed by atoms with Crippen molar-refractivity contribution in [2.24, 2.45) is 0 Å². The summed E-state index contributed by atoms with van der Waals surface area (Å²) in [5.74, 6) is 0.663. The normalized spacial score (nSPS) is 19.7. The highest BCUT2D eigenvalue weighted by atomic mass is 16.3. The van der Waals surface area contributed by atoms with Gasteiger partial charge < -0.3 is 20.0 Å². The molecule has 0 aliphatic carbocycles. The molecule has 2 aromatic carbocycles. The zero-order chi connectivity index (χ0) is 15.9. The molecule has 0 amide bonds. The fourth-order valence-corrected chi connectivity index (χ4v) is 4.34. The Hall–Kier alpha value is -2.36. The van der Waals surface area contributed by atoms with E-state index in [4.69, 9.17) is 0 Å². The van der Waals surface area contributed by atoms with Gasteiger partial charge in [-0.05, 0) is 49.9 Å². The van der Waals surface area contributed by atoms with Crippen LogP contribution in [0, 0.1) is 0 Å². The number of hydrogen-bond donors (Lipinski definition) is 2. The monoisotopic (exact) mass is 310 g/mol. The molecule has 23 heavy (non-hydrogen) atoms. The summed E-state index contributed by atoms with van der Waals surface area (Å²) in [6, 6.07) is 15.1. The first-order valence-electron chi connectivity index (χ1n) is 8.34. The summed E-state index contributed by atoms with van der Waals surface area (Å²) < 4.78 is 0. The SMILES string of the molecule is Oc1ccccc1N1CCCC12CCCN2c1ccccc1O. The van der Waals surface area contributed by atoms with Gasteiger partial charge >= 0.3 is 0 Å². The first kappa shape index (κ1) is 14.2. The minimum atomic E-state index is -0.141. The van der Waals surface area contributed by atoms with Crippen molar-refractivity contribution in [3.8, 4) is 11.5 Å². The molecular formula is C19H22N2O2. The number of nitrogens with zero attached hydrogens (tertiary/aromatic N) is 2. The van der Waals surface area contributed by atoms with Crippen LogP contribution in [-0.4, -0.2) is 29.0 Å². The second-order valence-corrected chi connectivity index (χ2v) is 6.47. The van der Waals surface area contributed by atoms with Crippen molar-refractivity contribution >= 4 is 11.4 Å². The van der Waals surface area contributed by atoms with Gasteiger partial charge in [-0.1, -0.05) is 24.3 Å². The predicted octanol–water partition coefficient (Wildman–Crippen LogP) is 3.69. The quantitative estimate of drug-likeness (QED) is 0.888. The lowest BCUT2D eigenvalue weighted by Gasteiger charge is -2.45. The van der Waals surface area contributed by atoms with Crippen molar-refractivity contribution in [1.82, 2.24) is 0 Å². The molecule has 2 saturated heterocycles. The highest BCUT2D eigenvalue weighted by Gasteiger charge is 2.49. The van der Waals surface area contributed by atoms with Crippen molar-refractivity contribution < 1.29 is 10.2 Å². The van der Waals surface area contributed by atoms with Crippen LogP contribution in [0.25, 0.3) is 0 Å². The van der Waals surface area contributed by atoms with Crippen LogP contribution < -0.4 is 9.80 Å². The number of phenols is 2. The van der Waals surface area contributed by atoms with Gasteiger partial charge in [0.15, 0.2) is 0 Å². The Morgan fingerprint density at radius 1 is 0.696 bits per heavy atom. The van der Waals surface area contributed by atoms with Gasteiger partial charge in [-0.2, -0.15) is 0 Å². The molecule has 0 saturated carbocycles. The highest BCUT2D eigenvalue weighted by molar-refractivity contribution is 5.67.